The van der Waals surface area contributed by atoms with Gasteiger partial charge in [0.05, 0.1) is 17.6 Å². The minimum Gasteiger partial charge on any atom is -0.352 e. The molecule has 3 N–H and O–H groups in total. The number of benzene rings is 1. The number of nitrogens with zero attached hydrogens (tertiary/aromatic N) is 1. The van der Waals surface area contributed by atoms with E-state index in [0.717, 1.165) is 36.1 Å². The molecule has 18 heavy (non-hydrogen) atoms. The monoisotopic (exact) mass is 244 g/mol. The number of rotatable bonds is 3. The number of hydrogen-bond donors (Lipinski definition) is 3. The third kappa shape index (κ3) is 2.22. The van der Waals surface area contributed by atoms with Crippen LogP contribution in [0.2, 0.25) is 0 Å². The topological polar surface area (TPSA) is 69.8 Å². The quantitative estimate of drug-likeness (QED) is 0.740. The van der Waals surface area contributed by atoms with Gasteiger partial charge in [-0.15, -0.1) is 0 Å². The molecule has 94 valence electrons. The first-order valence-electron chi connectivity index (χ1n) is 6.25. The fourth-order valence-electron chi connectivity index (χ4n) is 2.37. The van der Waals surface area contributed by atoms with Gasteiger partial charge in [0.2, 0.25) is 5.91 Å². The lowest BCUT2D eigenvalue weighted by Crippen LogP contribution is -2.37. The molecule has 1 amide bonds. The molecular weight excluding hydrogens is 228 g/mol. The molecule has 1 unspecified atom stereocenters. The van der Waals surface area contributed by atoms with Gasteiger partial charge in [-0.05, 0) is 19.0 Å². The smallest absolute Gasteiger partial charge is 0.226 e. The minimum absolute atomic E-state index is 0.0538. The molecule has 1 fully saturated rings. The van der Waals surface area contributed by atoms with Crippen molar-refractivity contribution in [3.8, 4) is 0 Å². The average Bonchev–Trinajstić information content (AvgIpc) is 3.00. The van der Waals surface area contributed by atoms with Gasteiger partial charge in [0.15, 0.2) is 0 Å². The number of carbonyl (C=O) groups is 1. The molecule has 0 saturated carbocycles. The first kappa shape index (κ1) is 11.2. The van der Waals surface area contributed by atoms with Crippen LogP contribution in [0.25, 0.3) is 10.9 Å². The zero-order valence-electron chi connectivity index (χ0n) is 10.1. The van der Waals surface area contributed by atoms with E-state index in [-0.39, 0.29) is 11.9 Å². The Bertz CT molecular complexity index is 557. The van der Waals surface area contributed by atoms with Gasteiger partial charge in [0.25, 0.3) is 0 Å². The van der Waals surface area contributed by atoms with Gasteiger partial charge in [-0.25, -0.2) is 0 Å². The summed E-state index contributed by atoms with van der Waals surface area (Å²) < 4.78 is 0. The molecule has 1 atom stereocenters. The SMILES string of the molecule is O=C(Cc1[nH]nc2ccccc12)NC1CCNC1. The van der Waals surface area contributed by atoms with Gasteiger partial charge in [0.1, 0.15) is 0 Å². The van der Waals surface area contributed by atoms with Gasteiger partial charge >= 0.3 is 0 Å². The molecule has 5 heteroatoms. The van der Waals surface area contributed by atoms with Crippen LogP contribution in [-0.4, -0.2) is 35.2 Å². The predicted molar refractivity (Wildman–Crippen MR) is 69.2 cm³/mol. The first-order chi connectivity index (χ1) is 8.83. The van der Waals surface area contributed by atoms with Gasteiger partial charge in [-0.1, -0.05) is 18.2 Å². The zero-order chi connectivity index (χ0) is 12.4. The molecule has 3 rings (SSSR count). The highest BCUT2D eigenvalue weighted by molar-refractivity contribution is 5.87. The summed E-state index contributed by atoms with van der Waals surface area (Å²) in [6.45, 7) is 1.85. The van der Waals surface area contributed by atoms with Gasteiger partial charge < -0.3 is 10.6 Å². The fourth-order valence-corrected chi connectivity index (χ4v) is 2.37. The second-order valence-corrected chi connectivity index (χ2v) is 4.65. The number of H-pyrrole nitrogens is 1. The first-order valence-corrected chi connectivity index (χ1v) is 6.25. The molecule has 0 bridgehead atoms. The van der Waals surface area contributed by atoms with Crippen molar-refractivity contribution in [3.63, 3.8) is 0 Å². The summed E-state index contributed by atoms with van der Waals surface area (Å²) in [6, 6.07) is 8.09. The Balaban J connectivity index is 1.70. The van der Waals surface area contributed by atoms with Crippen molar-refractivity contribution < 1.29 is 4.79 Å². The standard InChI is InChI=1S/C13H16N4O/c18-13(15-9-5-6-14-8-9)7-12-10-3-1-2-4-11(10)16-17-12/h1-4,9,14H,5-8H2,(H,15,18)(H,16,17). The lowest BCUT2D eigenvalue weighted by Gasteiger charge is -2.10. The van der Waals surface area contributed by atoms with Crippen LogP contribution in [0, 0.1) is 0 Å². The second-order valence-electron chi connectivity index (χ2n) is 4.65. The van der Waals surface area contributed by atoms with Gasteiger partial charge in [-0.3, -0.25) is 9.89 Å². The summed E-state index contributed by atoms with van der Waals surface area (Å²) in [7, 11) is 0. The van der Waals surface area contributed by atoms with Crippen LogP contribution in [0.4, 0.5) is 0 Å². The Labute approximate surface area is 105 Å². The van der Waals surface area contributed by atoms with E-state index in [1.807, 2.05) is 24.3 Å². The summed E-state index contributed by atoms with van der Waals surface area (Å²) in [5.41, 5.74) is 1.79. The van der Waals surface area contributed by atoms with E-state index in [1.165, 1.54) is 0 Å². The highest BCUT2D eigenvalue weighted by atomic mass is 16.1. The van der Waals surface area contributed by atoms with E-state index >= 15 is 0 Å². The third-order valence-corrected chi connectivity index (χ3v) is 3.30. The molecule has 1 aromatic heterocycles. The molecule has 1 aromatic carbocycles. The molecule has 2 aromatic rings. The number of nitrogens with one attached hydrogen (secondary N) is 3. The van der Waals surface area contributed by atoms with Crippen molar-refractivity contribution in [1.82, 2.24) is 20.8 Å². The van der Waals surface area contributed by atoms with Crippen LogP contribution >= 0.6 is 0 Å². The number of amides is 1. The molecule has 0 radical (unpaired) electrons. The molecule has 5 nitrogen and oxygen atoms in total. The number of fused-ring (bicyclic) bond motifs is 1. The van der Waals surface area contributed by atoms with E-state index in [1.54, 1.807) is 0 Å². The molecule has 0 aliphatic carbocycles. The Kier molecular flexibility index (Phi) is 2.98. The van der Waals surface area contributed by atoms with E-state index in [2.05, 4.69) is 20.8 Å². The number of hydrogen-bond acceptors (Lipinski definition) is 3. The van der Waals surface area contributed by atoms with Gasteiger partial charge in [-0.2, -0.15) is 5.10 Å². The van der Waals surface area contributed by atoms with Crippen molar-refractivity contribution in [2.75, 3.05) is 13.1 Å². The molecule has 1 aliphatic heterocycles. The molecule has 1 aliphatic rings. The molecule has 0 spiro atoms. The van der Waals surface area contributed by atoms with Gasteiger partial charge in [0, 0.05) is 18.0 Å². The van der Waals surface area contributed by atoms with E-state index in [4.69, 9.17) is 0 Å². The Morgan fingerprint density at radius 2 is 2.33 bits per heavy atom. The predicted octanol–water partition coefficient (Wildman–Crippen LogP) is 0.583. The third-order valence-electron chi connectivity index (χ3n) is 3.30. The second kappa shape index (κ2) is 4.78. The van der Waals surface area contributed by atoms with Crippen LogP contribution in [0.3, 0.4) is 0 Å². The maximum atomic E-state index is 11.9. The molecule has 1 saturated heterocycles. The lowest BCUT2D eigenvalue weighted by atomic mass is 10.1. The molecule has 2 heterocycles. The van der Waals surface area contributed by atoms with Crippen molar-refractivity contribution in [1.29, 1.82) is 0 Å². The van der Waals surface area contributed by atoms with E-state index in [9.17, 15) is 4.79 Å². The van der Waals surface area contributed by atoms with Crippen LogP contribution in [0.1, 0.15) is 12.1 Å². The van der Waals surface area contributed by atoms with E-state index in [0.29, 0.717) is 6.42 Å². The summed E-state index contributed by atoms with van der Waals surface area (Å²) in [4.78, 5) is 11.9. The van der Waals surface area contributed by atoms with Crippen molar-refractivity contribution in [2.45, 2.75) is 18.9 Å². The zero-order valence-corrected chi connectivity index (χ0v) is 10.1. The van der Waals surface area contributed by atoms with Crippen LogP contribution in [0.5, 0.6) is 0 Å². The summed E-state index contributed by atoms with van der Waals surface area (Å²) in [5, 5.41) is 14.4. The average molecular weight is 244 g/mol. The maximum absolute atomic E-state index is 11.9. The van der Waals surface area contributed by atoms with Crippen LogP contribution < -0.4 is 10.6 Å². The lowest BCUT2D eigenvalue weighted by molar-refractivity contribution is -0.121. The normalized spacial score (nSPS) is 19.2. The summed E-state index contributed by atoms with van der Waals surface area (Å²) >= 11 is 0. The minimum atomic E-state index is 0.0538. The largest absolute Gasteiger partial charge is 0.352 e. The van der Waals surface area contributed by atoms with Crippen molar-refractivity contribution in [3.05, 3.63) is 30.0 Å². The number of para-hydroxylation sites is 1. The molecular formula is C13H16N4O. The van der Waals surface area contributed by atoms with Crippen LogP contribution in [-0.2, 0) is 11.2 Å². The Morgan fingerprint density at radius 1 is 1.44 bits per heavy atom. The van der Waals surface area contributed by atoms with Crippen molar-refractivity contribution in [2.24, 2.45) is 0 Å². The summed E-state index contributed by atoms with van der Waals surface area (Å²) in [6.07, 6.45) is 1.37. The number of aromatic amines is 1. The highest BCUT2D eigenvalue weighted by Crippen LogP contribution is 2.15. The highest BCUT2D eigenvalue weighted by Gasteiger charge is 2.17. The summed E-state index contributed by atoms with van der Waals surface area (Å²) in [5.74, 6) is 0.0538. The Hall–Kier alpha value is -1.88. The number of carbonyl (C=O) groups excluding carboxylic acids is 1. The van der Waals surface area contributed by atoms with Crippen molar-refractivity contribution >= 4 is 16.8 Å². The number of aromatic nitrogens is 2. The fraction of sp³-hybridized carbons (Fsp3) is 0.385. The van der Waals surface area contributed by atoms with E-state index < -0.39 is 0 Å². The van der Waals surface area contributed by atoms with Crippen LogP contribution in [0.15, 0.2) is 24.3 Å². The Morgan fingerprint density at radius 3 is 3.17 bits per heavy atom. The maximum Gasteiger partial charge on any atom is 0.226 e.